The summed E-state index contributed by atoms with van der Waals surface area (Å²) in [4.78, 5) is 14.6. The van der Waals surface area contributed by atoms with Crippen molar-refractivity contribution in [3.8, 4) is 0 Å². The summed E-state index contributed by atoms with van der Waals surface area (Å²) in [6.45, 7) is 5.91. The number of carbonyl (C=O) groups is 1. The molecule has 2 fully saturated rings. The smallest absolute Gasteiger partial charge is 0.225 e. The van der Waals surface area contributed by atoms with Gasteiger partial charge in [0.1, 0.15) is 0 Å². The lowest BCUT2D eigenvalue weighted by molar-refractivity contribution is -0.136. The summed E-state index contributed by atoms with van der Waals surface area (Å²) >= 11 is 0. The van der Waals surface area contributed by atoms with Gasteiger partial charge in [0.25, 0.3) is 0 Å². The van der Waals surface area contributed by atoms with Crippen LogP contribution in [-0.2, 0) is 4.79 Å². The van der Waals surface area contributed by atoms with Crippen LogP contribution in [0.3, 0.4) is 0 Å². The van der Waals surface area contributed by atoms with Crippen molar-refractivity contribution in [3.63, 3.8) is 0 Å². The van der Waals surface area contributed by atoms with E-state index in [0.29, 0.717) is 5.91 Å². The van der Waals surface area contributed by atoms with E-state index in [1.165, 1.54) is 32.1 Å². The summed E-state index contributed by atoms with van der Waals surface area (Å²) in [6.07, 6.45) is 9.01. The molecule has 0 aromatic rings. The van der Waals surface area contributed by atoms with Crippen LogP contribution in [0.1, 0.15) is 51.9 Å². The quantitative estimate of drug-likeness (QED) is 0.833. The molecule has 1 aliphatic carbocycles. The van der Waals surface area contributed by atoms with Crippen molar-refractivity contribution in [2.75, 3.05) is 26.2 Å². The Morgan fingerprint density at radius 2 is 1.89 bits per heavy atom. The van der Waals surface area contributed by atoms with E-state index in [4.69, 9.17) is 0 Å². The van der Waals surface area contributed by atoms with Crippen molar-refractivity contribution in [2.45, 2.75) is 51.9 Å². The third-order valence-corrected chi connectivity index (χ3v) is 4.61. The van der Waals surface area contributed by atoms with Crippen molar-refractivity contribution < 1.29 is 4.79 Å². The number of nitrogens with one attached hydrogen (secondary N) is 1. The minimum Gasteiger partial charge on any atom is -0.340 e. The molecule has 0 spiro atoms. The van der Waals surface area contributed by atoms with Crippen LogP contribution in [0, 0.1) is 11.8 Å². The van der Waals surface area contributed by atoms with E-state index in [1.807, 2.05) is 0 Å². The molecule has 1 saturated carbocycles. The third kappa shape index (κ3) is 3.71. The first-order chi connectivity index (χ1) is 8.81. The molecular weight excluding hydrogens is 224 g/mol. The van der Waals surface area contributed by atoms with Gasteiger partial charge in [-0.3, -0.25) is 4.79 Å². The summed E-state index contributed by atoms with van der Waals surface area (Å²) in [5.74, 6) is 1.52. The second-order valence-electron chi connectivity index (χ2n) is 5.92. The summed E-state index contributed by atoms with van der Waals surface area (Å²) < 4.78 is 0. The van der Waals surface area contributed by atoms with E-state index in [0.717, 1.165) is 44.9 Å². The molecule has 1 amide bonds. The van der Waals surface area contributed by atoms with Crippen molar-refractivity contribution in [1.29, 1.82) is 0 Å². The molecule has 0 aromatic carbocycles. The number of carbonyl (C=O) groups excluding carboxylic acids is 1. The van der Waals surface area contributed by atoms with Crippen LogP contribution in [0.15, 0.2) is 0 Å². The van der Waals surface area contributed by atoms with Crippen LogP contribution < -0.4 is 5.32 Å². The summed E-state index contributed by atoms with van der Waals surface area (Å²) in [6, 6.07) is 0. The van der Waals surface area contributed by atoms with Crippen LogP contribution in [0.25, 0.3) is 0 Å². The molecule has 0 bridgehead atoms. The van der Waals surface area contributed by atoms with Gasteiger partial charge in [-0.25, -0.2) is 0 Å². The molecule has 0 aromatic heterocycles. The average molecular weight is 252 g/mol. The standard InChI is InChI=1S/C15H28N2O/c1-2-14(12-13-6-4-3-5-7-13)15(18)17-10-8-16-9-11-17/h13-14,16H,2-12H2,1H3. The van der Waals surface area contributed by atoms with Crippen molar-refractivity contribution in [2.24, 2.45) is 11.8 Å². The van der Waals surface area contributed by atoms with E-state index >= 15 is 0 Å². The summed E-state index contributed by atoms with van der Waals surface area (Å²) in [7, 11) is 0. The second kappa shape index (κ2) is 7.13. The lowest BCUT2D eigenvalue weighted by atomic mass is 9.81. The molecule has 1 atom stereocenters. The molecule has 1 saturated heterocycles. The highest BCUT2D eigenvalue weighted by atomic mass is 16.2. The maximum Gasteiger partial charge on any atom is 0.225 e. The lowest BCUT2D eigenvalue weighted by Gasteiger charge is -2.32. The van der Waals surface area contributed by atoms with Gasteiger partial charge in [0.15, 0.2) is 0 Å². The third-order valence-electron chi connectivity index (χ3n) is 4.61. The van der Waals surface area contributed by atoms with Crippen LogP contribution in [0.2, 0.25) is 0 Å². The van der Waals surface area contributed by atoms with Gasteiger partial charge in [0, 0.05) is 32.1 Å². The largest absolute Gasteiger partial charge is 0.340 e. The first-order valence-corrected chi connectivity index (χ1v) is 7.80. The van der Waals surface area contributed by atoms with E-state index in [-0.39, 0.29) is 5.92 Å². The summed E-state index contributed by atoms with van der Waals surface area (Å²) in [5.41, 5.74) is 0. The van der Waals surface area contributed by atoms with Gasteiger partial charge >= 0.3 is 0 Å². The number of rotatable bonds is 4. The number of nitrogens with zero attached hydrogens (tertiary/aromatic N) is 1. The molecule has 3 heteroatoms. The van der Waals surface area contributed by atoms with E-state index in [9.17, 15) is 4.79 Å². The van der Waals surface area contributed by atoms with Crippen molar-refractivity contribution in [3.05, 3.63) is 0 Å². The van der Waals surface area contributed by atoms with Crippen LogP contribution in [-0.4, -0.2) is 37.0 Å². The molecule has 104 valence electrons. The Morgan fingerprint density at radius 1 is 1.22 bits per heavy atom. The molecule has 18 heavy (non-hydrogen) atoms. The molecule has 1 heterocycles. The monoisotopic (exact) mass is 252 g/mol. The van der Waals surface area contributed by atoms with Crippen molar-refractivity contribution in [1.82, 2.24) is 10.2 Å². The lowest BCUT2D eigenvalue weighted by Crippen LogP contribution is -2.48. The Morgan fingerprint density at radius 3 is 2.50 bits per heavy atom. The zero-order valence-corrected chi connectivity index (χ0v) is 11.8. The molecule has 2 rings (SSSR count). The van der Waals surface area contributed by atoms with E-state index < -0.39 is 0 Å². The SMILES string of the molecule is CCC(CC1CCCCC1)C(=O)N1CCNCC1. The van der Waals surface area contributed by atoms with Gasteiger partial charge in [-0.15, -0.1) is 0 Å². The highest BCUT2D eigenvalue weighted by Crippen LogP contribution is 2.30. The highest BCUT2D eigenvalue weighted by molar-refractivity contribution is 5.78. The zero-order valence-electron chi connectivity index (χ0n) is 11.8. The van der Waals surface area contributed by atoms with Gasteiger partial charge in [-0.05, 0) is 18.8 Å². The van der Waals surface area contributed by atoms with Gasteiger partial charge in [-0.1, -0.05) is 39.0 Å². The summed E-state index contributed by atoms with van der Waals surface area (Å²) in [5, 5.41) is 3.31. The van der Waals surface area contributed by atoms with Gasteiger partial charge < -0.3 is 10.2 Å². The zero-order chi connectivity index (χ0) is 12.8. The Kier molecular flexibility index (Phi) is 5.48. The van der Waals surface area contributed by atoms with Crippen LogP contribution in [0.4, 0.5) is 0 Å². The molecule has 2 aliphatic rings. The van der Waals surface area contributed by atoms with Gasteiger partial charge in [-0.2, -0.15) is 0 Å². The highest BCUT2D eigenvalue weighted by Gasteiger charge is 2.27. The van der Waals surface area contributed by atoms with E-state index in [2.05, 4.69) is 17.1 Å². The van der Waals surface area contributed by atoms with Crippen LogP contribution in [0.5, 0.6) is 0 Å². The van der Waals surface area contributed by atoms with Crippen LogP contribution >= 0.6 is 0 Å². The normalized spacial score (nSPS) is 23.9. The fraction of sp³-hybridized carbons (Fsp3) is 0.933. The molecule has 1 aliphatic heterocycles. The fourth-order valence-electron chi connectivity index (χ4n) is 3.41. The predicted octanol–water partition coefficient (Wildman–Crippen LogP) is 2.41. The molecule has 1 unspecified atom stereocenters. The minimum atomic E-state index is 0.284. The van der Waals surface area contributed by atoms with Gasteiger partial charge in [0.2, 0.25) is 5.91 Å². The molecule has 0 radical (unpaired) electrons. The minimum absolute atomic E-state index is 0.284. The second-order valence-corrected chi connectivity index (χ2v) is 5.92. The number of hydrogen-bond acceptors (Lipinski definition) is 2. The molecule has 3 nitrogen and oxygen atoms in total. The Hall–Kier alpha value is -0.570. The maximum absolute atomic E-state index is 12.5. The van der Waals surface area contributed by atoms with Gasteiger partial charge in [0.05, 0.1) is 0 Å². The molecule has 1 N–H and O–H groups in total. The Labute approximate surface area is 111 Å². The fourth-order valence-corrected chi connectivity index (χ4v) is 3.41. The number of amides is 1. The maximum atomic E-state index is 12.5. The first-order valence-electron chi connectivity index (χ1n) is 7.80. The average Bonchev–Trinajstić information content (AvgIpc) is 2.46. The number of hydrogen-bond donors (Lipinski definition) is 1. The van der Waals surface area contributed by atoms with E-state index in [1.54, 1.807) is 0 Å². The molecular formula is C15H28N2O. The number of piperazine rings is 1. The first kappa shape index (κ1) is 13.9. The predicted molar refractivity (Wildman–Crippen MR) is 74.4 cm³/mol. The van der Waals surface area contributed by atoms with Crippen molar-refractivity contribution >= 4 is 5.91 Å². The topological polar surface area (TPSA) is 32.3 Å². The Balaban J connectivity index is 1.84. The Bertz CT molecular complexity index is 255.